The first kappa shape index (κ1) is 18.6. The van der Waals surface area contributed by atoms with Gasteiger partial charge in [-0.25, -0.2) is 4.79 Å². The Morgan fingerprint density at radius 2 is 1.86 bits per heavy atom. The maximum atomic E-state index is 13.9. The maximum Gasteiger partial charge on any atom is 0.422 e. The molecule has 4 nitrogen and oxygen atoms in total. The summed E-state index contributed by atoms with van der Waals surface area (Å²) in [5.74, 6) is -1.57. The zero-order valence-corrected chi connectivity index (χ0v) is 15.0. The van der Waals surface area contributed by atoms with E-state index in [9.17, 15) is 23.1 Å². The van der Waals surface area contributed by atoms with E-state index < -0.39 is 36.1 Å². The van der Waals surface area contributed by atoms with Crippen LogP contribution in [0.3, 0.4) is 0 Å². The van der Waals surface area contributed by atoms with Crippen molar-refractivity contribution in [2.45, 2.75) is 30.2 Å². The number of benzene rings is 2. The number of fused-ring (bicyclic) bond motifs is 2. The van der Waals surface area contributed by atoms with E-state index in [0.717, 1.165) is 10.8 Å². The van der Waals surface area contributed by atoms with Gasteiger partial charge in [0.1, 0.15) is 6.04 Å². The third kappa shape index (κ3) is 2.69. The summed E-state index contributed by atoms with van der Waals surface area (Å²) < 4.78 is 47.6. The fourth-order valence-corrected chi connectivity index (χ4v) is 4.11. The monoisotopic (exact) mass is 389 g/mol. The van der Waals surface area contributed by atoms with Crippen molar-refractivity contribution in [1.29, 1.82) is 0 Å². The zero-order chi connectivity index (χ0) is 20.1. The van der Waals surface area contributed by atoms with Crippen LogP contribution in [0.2, 0.25) is 0 Å². The molecule has 4 rings (SSSR count). The average Bonchev–Trinajstić information content (AvgIpc) is 3.16. The molecule has 146 valence electrons. The second-order valence-electron chi connectivity index (χ2n) is 7.04. The first-order chi connectivity index (χ1) is 13.3. The summed E-state index contributed by atoms with van der Waals surface area (Å²) >= 11 is 0. The fourth-order valence-electron chi connectivity index (χ4n) is 4.11. The molecule has 7 heteroatoms. The van der Waals surface area contributed by atoms with Gasteiger partial charge in [-0.1, -0.05) is 42.5 Å². The summed E-state index contributed by atoms with van der Waals surface area (Å²) in [5.41, 5.74) is -2.87. The Morgan fingerprint density at radius 3 is 2.54 bits per heavy atom. The Morgan fingerprint density at radius 1 is 1.14 bits per heavy atom. The lowest BCUT2D eigenvalue weighted by Crippen LogP contribution is -2.50. The van der Waals surface area contributed by atoms with Crippen LogP contribution in [-0.4, -0.2) is 28.9 Å². The van der Waals surface area contributed by atoms with Gasteiger partial charge < -0.3 is 14.4 Å². The van der Waals surface area contributed by atoms with Crippen LogP contribution >= 0.6 is 0 Å². The fraction of sp³-hybridized carbons (Fsp3) is 0.286. The number of hydrogen-bond acceptors (Lipinski definition) is 3. The molecule has 0 aliphatic carbocycles. The Labute approximate surface area is 159 Å². The number of carbonyl (C=O) groups excluding carboxylic acids is 1. The molecule has 1 aliphatic rings. The van der Waals surface area contributed by atoms with Gasteiger partial charge in [0.05, 0.1) is 12.8 Å². The molecule has 3 atom stereocenters. The molecule has 2 heterocycles. The van der Waals surface area contributed by atoms with Crippen molar-refractivity contribution in [2.75, 3.05) is 7.11 Å². The second-order valence-corrected chi connectivity index (χ2v) is 7.04. The van der Waals surface area contributed by atoms with Crippen molar-refractivity contribution in [2.24, 2.45) is 0 Å². The van der Waals surface area contributed by atoms with Crippen LogP contribution in [0, 0.1) is 0 Å². The van der Waals surface area contributed by atoms with Crippen LogP contribution in [-0.2, 0) is 15.1 Å². The Kier molecular flexibility index (Phi) is 4.23. The number of ether oxygens (including phenoxy) is 1. The molecule has 0 spiro atoms. The van der Waals surface area contributed by atoms with Crippen molar-refractivity contribution in [3.63, 3.8) is 0 Å². The van der Waals surface area contributed by atoms with Crippen LogP contribution < -0.4 is 0 Å². The largest absolute Gasteiger partial charge is 0.467 e. The lowest BCUT2D eigenvalue weighted by atomic mass is 9.75. The van der Waals surface area contributed by atoms with Gasteiger partial charge in [-0.05, 0) is 28.5 Å². The highest BCUT2D eigenvalue weighted by Crippen LogP contribution is 2.53. The van der Waals surface area contributed by atoms with Crippen LogP contribution in [0.15, 0.2) is 60.8 Å². The minimum absolute atomic E-state index is 0.354. The van der Waals surface area contributed by atoms with Gasteiger partial charge in [0.25, 0.3) is 0 Å². The SMILES string of the molecule is COC(=O)[C@@H]1[C@H](c2ccc3ccccc3c2)C[C@](O)(C(F)(F)F)c2cccn21. The average molecular weight is 389 g/mol. The molecule has 1 aliphatic heterocycles. The third-order valence-corrected chi connectivity index (χ3v) is 5.51. The van der Waals surface area contributed by atoms with Crippen molar-refractivity contribution >= 4 is 16.7 Å². The summed E-state index contributed by atoms with van der Waals surface area (Å²) in [4.78, 5) is 12.5. The standard InChI is InChI=1S/C21H18F3NO3/c1-28-19(26)18-16(15-9-8-13-5-2-3-6-14(13)11-15)12-20(27,21(22,23)24)17-7-4-10-25(17)18/h2-11,16,18,27H,12H2,1H3/t16-,18-,20+/m0/s1. The van der Waals surface area contributed by atoms with Gasteiger partial charge in [-0.2, -0.15) is 13.2 Å². The van der Waals surface area contributed by atoms with Crippen molar-refractivity contribution in [3.8, 4) is 0 Å². The molecule has 0 bridgehead atoms. The number of methoxy groups -OCH3 is 1. The van der Waals surface area contributed by atoms with Crippen LogP contribution in [0.1, 0.15) is 29.6 Å². The van der Waals surface area contributed by atoms with Gasteiger partial charge in [0.15, 0.2) is 0 Å². The summed E-state index contributed by atoms with van der Waals surface area (Å²) in [7, 11) is 1.20. The van der Waals surface area contributed by atoms with Crippen LogP contribution in [0.4, 0.5) is 13.2 Å². The zero-order valence-electron chi connectivity index (χ0n) is 15.0. The highest BCUT2D eigenvalue weighted by Gasteiger charge is 2.61. The number of halogens is 3. The quantitative estimate of drug-likeness (QED) is 0.665. The van der Waals surface area contributed by atoms with E-state index in [1.807, 2.05) is 24.3 Å². The van der Waals surface area contributed by atoms with Crippen molar-refractivity contribution in [3.05, 3.63) is 72.1 Å². The smallest absolute Gasteiger partial charge is 0.422 e. The number of rotatable bonds is 2. The molecule has 0 radical (unpaired) electrons. The molecule has 3 aromatic rings. The molecule has 0 fully saturated rings. The van der Waals surface area contributed by atoms with Gasteiger partial charge in [0.2, 0.25) is 5.60 Å². The Balaban J connectivity index is 1.92. The minimum Gasteiger partial charge on any atom is -0.467 e. The van der Waals surface area contributed by atoms with E-state index in [0.29, 0.717) is 5.56 Å². The topological polar surface area (TPSA) is 51.5 Å². The number of nitrogens with zero attached hydrogens (tertiary/aromatic N) is 1. The predicted molar refractivity (Wildman–Crippen MR) is 96.7 cm³/mol. The molecular weight excluding hydrogens is 371 g/mol. The number of alkyl halides is 3. The lowest BCUT2D eigenvalue weighted by molar-refractivity contribution is -0.278. The Bertz CT molecular complexity index is 1040. The molecule has 28 heavy (non-hydrogen) atoms. The maximum absolute atomic E-state index is 13.9. The highest BCUT2D eigenvalue weighted by molar-refractivity contribution is 5.84. The van der Waals surface area contributed by atoms with Gasteiger partial charge in [-0.3, -0.25) is 0 Å². The highest BCUT2D eigenvalue weighted by atomic mass is 19.4. The van der Waals surface area contributed by atoms with E-state index in [4.69, 9.17) is 4.74 Å². The van der Waals surface area contributed by atoms with E-state index in [-0.39, 0.29) is 5.69 Å². The van der Waals surface area contributed by atoms with Crippen LogP contribution in [0.25, 0.3) is 10.8 Å². The number of hydrogen-bond donors (Lipinski definition) is 1. The van der Waals surface area contributed by atoms with Crippen molar-refractivity contribution in [1.82, 2.24) is 4.57 Å². The summed E-state index contributed by atoms with van der Waals surface area (Å²) in [6, 6.07) is 14.3. The van der Waals surface area contributed by atoms with Gasteiger partial charge in [0, 0.05) is 18.5 Å². The normalized spacial score (nSPS) is 24.8. The first-order valence-electron chi connectivity index (χ1n) is 8.79. The summed E-state index contributed by atoms with van der Waals surface area (Å²) in [6.45, 7) is 0. The van der Waals surface area contributed by atoms with Gasteiger partial charge in [-0.15, -0.1) is 0 Å². The summed E-state index contributed by atoms with van der Waals surface area (Å²) in [5, 5.41) is 12.4. The number of aromatic nitrogens is 1. The molecule has 0 saturated heterocycles. The molecule has 1 aromatic heterocycles. The number of aliphatic hydroxyl groups is 1. The second kappa shape index (κ2) is 6.38. The molecule has 1 N–H and O–H groups in total. The first-order valence-corrected chi connectivity index (χ1v) is 8.79. The lowest BCUT2D eigenvalue weighted by Gasteiger charge is -2.43. The molecular formula is C21H18F3NO3. The van der Waals surface area contributed by atoms with Crippen molar-refractivity contribution < 1.29 is 27.8 Å². The summed E-state index contributed by atoms with van der Waals surface area (Å²) in [6.07, 6.45) is -4.18. The molecule has 2 aromatic carbocycles. The molecule has 0 unspecified atom stereocenters. The third-order valence-electron chi connectivity index (χ3n) is 5.51. The molecule has 0 saturated carbocycles. The van der Waals surface area contributed by atoms with Gasteiger partial charge >= 0.3 is 12.1 Å². The predicted octanol–water partition coefficient (Wildman–Crippen LogP) is 4.29. The van der Waals surface area contributed by atoms with E-state index >= 15 is 0 Å². The number of esters is 1. The van der Waals surface area contributed by atoms with E-state index in [1.54, 1.807) is 18.2 Å². The van der Waals surface area contributed by atoms with E-state index in [2.05, 4.69) is 0 Å². The molecule has 0 amide bonds. The Hall–Kier alpha value is -2.80. The minimum atomic E-state index is -4.89. The van der Waals surface area contributed by atoms with Crippen LogP contribution in [0.5, 0.6) is 0 Å². The number of carbonyl (C=O) groups is 1. The van der Waals surface area contributed by atoms with E-state index in [1.165, 1.54) is 30.0 Å².